The van der Waals surface area contributed by atoms with Gasteiger partial charge in [0.1, 0.15) is 0 Å². The molecule has 112 valence electrons. The number of likely N-dealkylation sites (N-methyl/N-ethyl adjacent to an activating group) is 1. The lowest BCUT2D eigenvalue weighted by Crippen LogP contribution is -2.52. The Hall–Kier alpha value is -1.62. The molecule has 1 rings (SSSR count). The summed E-state index contributed by atoms with van der Waals surface area (Å²) in [4.78, 5) is 16.3. The fourth-order valence-electron chi connectivity index (χ4n) is 1.81. The molecular formula is C15H25N3O2. The molecule has 0 saturated heterocycles. The Morgan fingerprint density at radius 3 is 2.75 bits per heavy atom. The van der Waals surface area contributed by atoms with Gasteiger partial charge < -0.3 is 15.4 Å². The van der Waals surface area contributed by atoms with Crippen LogP contribution >= 0.6 is 0 Å². The van der Waals surface area contributed by atoms with E-state index in [0.717, 1.165) is 12.1 Å². The molecule has 0 aromatic carbocycles. The molecule has 0 aliphatic heterocycles. The Bertz CT molecular complexity index is 444. The number of carbonyl (C=O) groups excluding carboxylic acids is 1. The van der Waals surface area contributed by atoms with Crippen molar-refractivity contribution < 1.29 is 9.53 Å². The van der Waals surface area contributed by atoms with Crippen LogP contribution in [0.15, 0.2) is 18.3 Å². The smallest absolute Gasteiger partial charge is 0.239 e. The lowest BCUT2D eigenvalue weighted by molar-refractivity contribution is -0.126. The summed E-state index contributed by atoms with van der Waals surface area (Å²) in [5, 5.41) is 6.06. The minimum atomic E-state index is -0.587. The van der Waals surface area contributed by atoms with Gasteiger partial charge in [0, 0.05) is 18.3 Å². The molecule has 0 saturated carbocycles. The Balaban J connectivity index is 2.68. The zero-order valence-corrected chi connectivity index (χ0v) is 13.0. The van der Waals surface area contributed by atoms with Crippen molar-refractivity contribution in [2.45, 2.75) is 52.8 Å². The van der Waals surface area contributed by atoms with Crippen molar-refractivity contribution in [2.24, 2.45) is 0 Å². The molecule has 0 radical (unpaired) electrons. The summed E-state index contributed by atoms with van der Waals surface area (Å²) in [6, 6.07) is 3.75. The van der Waals surface area contributed by atoms with Gasteiger partial charge in [0.15, 0.2) is 0 Å². The second kappa shape index (κ2) is 7.24. The number of nitrogens with zero attached hydrogens (tertiary/aromatic N) is 1. The number of rotatable bonds is 7. The van der Waals surface area contributed by atoms with Gasteiger partial charge in [-0.25, -0.2) is 4.98 Å². The third-order valence-corrected chi connectivity index (χ3v) is 2.82. The van der Waals surface area contributed by atoms with Gasteiger partial charge in [0.2, 0.25) is 11.8 Å². The van der Waals surface area contributed by atoms with E-state index in [9.17, 15) is 4.79 Å². The molecule has 0 unspecified atom stereocenters. The predicted molar refractivity (Wildman–Crippen MR) is 79.6 cm³/mol. The van der Waals surface area contributed by atoms with Crippen LogP contribution in [-0.2, 0) is 11.3 Å². The third-order valence-electron chi connectivity index (χ3n) is 2.82. The molecule has 1 aromatic heterocycles. The summed E-state index contributed by atoms with van der Waals surface area (Å²) in [7, 11) is 0. The van der Waals surface area contributed by atoms with Gasteiger partial charge in [-0.15, -0.1) is 0 Å². The first-order chi connectivity index (χ1) is 9.36. The molecule has 2 N–H and O–H groups in total. The van der Waals surface area contributed by atoms with Crippen molar-refractivity contribution in [2.75, 3.05) is 6.54 Å². The van der Waals surface area contributed by atoms with E-state index in [2.05, 4.69) is 15.6 Å². The van der Waals surface area contributed by atoms with Crippen molar-refractivity contribution in [3.05, 3.63) is 23.9 Å². The van der Waals surface area contributed by atoms with Gasteiger partial charge in [0.05, 0.1) is 11.6 Å². The Morgan fingerprint density at radius 2 is 2.15 bits per heavy atom. The summed E-state index contributed by atoms with van der Waals surface area (Å²) in [6.45, 7) is 10.8. The summed E-state index contributed by atoms with van der Waals surface area (Å²) in [6.07, 6.45) is 1.74. The van der Waals surface area contributed by atoms with Crippen LogP contribution in [0.1, 0.15) is 40.2 Å². The van der Waals surface area contributed by atoms with Gasteiger partial charge in [-0.3, -0.25) is 4.79 Å². The van der Waals surface area contributed by atoms with Gasteiger partial charge in [0.25, 0.3) is 0 Å². The molecule has 0 fully saturated rings. The first-order valence-electron chi connectivity index (χ1n) is 7.00. The number of pyridine rings is 1. The number of amides is 1. The third kappa shape index (κ3) is 4.81. The maximum Gasteiger partial charge on any atom is 0.239 e. The molecule has 0 aliphatic carbocycles. The molecular weight excluding hydrogens is 254 g/mol. The SMILES string of the molecule is CCNC(C)(C)C(=O)NCc1cccnc1OC(C)C. The van der Waals surface area contributed by atoms with Crippen LogP contribution in [-0.4, -0.2) is 29.1 Å². The highest BCUT2D eigenvalue weighted by Crippen LogP contribution is 2.16. The van der Waals surface area contributed by atoms with Crippen LogP contribution in [0, 0.1) is 0 Å². The summed E-state index contributed by atoms with van der Waals surface area (Å²) in [5.41, 5.74) is 0.289. The maximum absolute atomic E-state index is 12.1. The lowest BCUT2D eigenvalue weighted by Gasteiger charge is -2.24. The summed E-state index contributed by atoms with van der Waals surface area (Å²) < 4.78 is 5.63. The fourth-order valence-corrected chi connectivity index (χ4v) is 1.81. The normalized spacial score (nSPS) is 11.5. The van der Waals surface area contributed by atoms with Crippen LogP contribution in [0.4, 0.5) is 0 Å². The zero-order valence-electron chi connectivity index (χ0n) is 13.0. The van der Waals surface area contributed by atoms with E-state index >= 15 is 0 Å². The van der Waals surface area contributed by atoms with Gasteiger partial charge in [-0.1, -0.05) is 13.0 Å². The highest BCUT2D eigenvalue weighted by Gasteiger charge is 2.25. The second-order valence-corrected chi connectivity index (χ2v) is 5.47. The van der Waals surface area contributed by atoms with Crippen LogP contribution in [0.3, 0.4) is 0 Å². The summed E-state index contributed by atoms with van der Waals surface area (Å²) >= 11 is 0. The van der Waals surface area contributed by atoms with Crippen molar-refractivity contribution in [1.82, 2.24) is 15.6 Å². The Kier molecular flexibility index (Phi) is 5.95. The second-order valence-electron chi connectivity index (χ2n) is 5.47. The van der Waals surface area contributed by atoms with E-state index in [1.54, 1.807) is 6.20 Å². The van der Waals surface area contributed by atoms with Crippen LogP contribution in [0.25, 0.3) is 0 Å². The van der Waals surface area contributed by atoms with E-state index in [1.165, 1.54) is 0 Å². The standard InChI is InChI=1S/C15H25N3O2/c1-6-18-15(4,5)14(19)17-10-12-8-7-9-16-13(12)20-11(2)3/h7-9,11,18H,6,10H2,1-5H3,(H,17,19). The quantitative estimate of drug-likeness (QED) is 0.800. The first-order valence-corrected chi connectivity index (χ1v) is 7.00. The van der Waals surface area contributed by atoms with Crippen molar-refractivity contribution in [1.29, 1.82) is 0 Å². The molecule has 5 nitrogen and oxygen atoms in total. The van der Waals surface area contributed by atoms with Crippen molar-refractivity contribution in [3.8, 4) is 5.88 Å². The maximum atomic E-state index is 12.1. The lowest BCUT2D eigenvalue weighted by atomic mass is 10.0. The van der Waals surface area contributed by atoms with Gasteiger partial charge in [-0.05, 0) is 40.3 Å². The van der Waals surface area contributed by atoms with Crippen LogP contribution < -0.4 is 15.4 Å². The van der Waals surface area contributed by atoms with Crippen molar-refractivity contribution >= 4 is 5.91 Å². The molecule has 0 atom stereocenters. The minimum absolute atomic E-state index is 0.0429. The Morgan fingerprint density at radius 1 is 1.45 bits per heavy atom. The highest BCUT2D eigenvalue weighted by atomic mass is 16.5. The van der Waals surface area contributed by atoms with E-state index in [1.807, 2.05) is 46.8 Å². The molecule has 0 aliphatic rings. The molecule has 5 heteroatoms. The minimum Gasteiger partial charge on any atom is -0.475 e. The number of nitrogens with one attached hydrogen (secondary N) is 2. The largest absolute Gasteiger partial charge is 0.475 e. The van der Waals surface area contributed by atoms with Crippen molar-refractivity contribution in [3.63, 3.8) is 0 Å². The van der Waals surface area contributed by atoms with Gasteiger partial charge >= 0.3 is 0 Å². The monoisotopic (exact) mass is 279 g/mol. The van der Waals surface area contributed by atoms with Crippen LogP contribution in [0.5, 0.6) is 5.88 Å². The molecule has 0 bridgehead atoms. The number of hydrogen-bond donors (Lipinski definition) is 2. The number of carbonyl (C=O) groups is 1. The molecule has 0 spiro atoms. The van der Waals surface area contributed by atoms with E-state index in [-0.39, 0.29) is 12.0 Å². The topological polar surface area (TPSA) is 63.2 Å². The van der Waals surface area contributed by atoms with E-state index < -0.39 is 5.54 Å². The fraction of sp³-hybridized carbons (Fsp3) is 0.600. The van der Waals surface area contributed by atoms with E-state index in [4.69, 9.17) is 4.74 Å². The average molecular weight is 279 g/mol. The average Bonchev–Trinajstić information content (AvgIpc) is 2.36. The Labute approximate surface area is 121 Å². The molecule has 1 aromatic rings. The molecule has 20 heavy (non-hydrogen) atoms. The number of ether oxygens (including phenoxy) is 1. The highest BCUT2D eigenvalue weighted by molar-refractivity contribution is 5.85. The molecule has 1 heterocycles. The zero-order chi connectivity index (χ0) is 15.2. The number of hydrogen-bond acceptors (Lipinski definition) is 4. The molecule has 1 amide bonds. The first kappa shape index (κ1) is 16.4. The van der Waals surface area contributed by atoms with Crippen LogP contribution in [0.2, 0.25) is 0 Å². The predicted octanol–water partition coefficient (Wildman–Crippen LogP) is 1.87. The van der Waals surface area contributed by atoms with E-state index in [0.29, 0.717) is 12.4 Å². The van der Waals surface area contributed by atoms with Gasteiger partial charge in [-0.2, -0.15) is 0 Å². The number of aromatic nitrogens is 1. The summed E-state index contributed by atoms with van der Waals surface area (Å²) in [5.74, 6) is 0.530.